The van der Waals surface area contributed by atoms with E-state index >= 15 is 0 Å². The van der Waals surface area contributed by atoms with Gasteiger partial charge in [0.1, 0.15) is 5.82 Å². The van der Waals surface area contributed by atoms with Crippen LogP contribution in [0.2, 0.25) is 0 Å². The smallest absolute Gasteiger partial charge is 0.335 e. The molecule has 9 heteroatoms. The van der Waals surface area contributed by atoms with E-state index in [9.17, 15) is 22.4 Å². The predicted octanol–water partition coefficient (Wildman–Crippen LogP) is 0.956. The molecule has 0 aromatic heterocycles. The minimum Gasteiger partial charge on any atom is -0.478 e. The Morgan fingerprint density at radius 2 is 2.05 bits per heavy atom. The maximum atomic E-state index is 13.6. The topological polar surface area (TPSA) is 113 Å². The van der Waals surface area contributed by atoms with Gasteiger partial charge in [-0.05, 0) is 24.3 Å². The summed E-state index contributed by atoms with van der Waals surface area (Å²) in [5, 5.41) is 14.2. The summed E-state index contributed by atoms with van der Waals surface area (Å²) in [6, 6.07) is 1.55. The quantitative estimate of drug-likeness (QED) is 0.769. The SMILES string of the molecule is O=C(Nc1ccc(C(=O)O)cc1F)NC1C=CS(=O)(=O)C1. The Labute approximate surface area is 119 Å². The van der Waals surface area contributed by atoms with Crippen molar-refractivity contribution in [2.45, 2.75) is 6.04 Å². The first-order chi connectivity index (χ1) is 9.77. The monoisotopic (exact) mass is 314 g/mol. The van der Waals surface area contributed by atoms with Gasteiger partial charge in [0.2, 0.25) is 0 Å². The van der Waals surface area contributed by atoms with Crippen LogP contribution in [0.4, 0.5) is 14.9 Å². The number of hydrogen-bond donors (Lipinski definition) is 3. The van der Waals surface area contributed by atoms with Crippen LogP contribution in [0.1, 0.15) is 10.4 Å². The van der Waals surface area contributed by atoms with E-state index in [0.29, 0.717) is 0 Å². The Bertz CT molecular complexity index is 729. The van der Waals surface area contributed by atoms with Crippen LogP contribution >= 0.6 is 0 Å². The molecule has 1 aromatic carbocycles. The molecule has 7 nitrogen and oxygen atoms in total. The molecule has 1 aromatic rings. The largest absolute Gasteiger partial charge is 0.478 e. The van der Waals surface area contributed by atoms with Crippen LogP contribution in [0.5, 0.6) is 0 Å². The van der Waals surface area contributed by atoms with Gasteiger partial charge in [-0.15, -0.1) is 0 Å². The van der Waals surface area contributed by atoms with E-state index in [2.05, 4.69) is 10.6 Å². The number of benzene rings is 1. The standard InChI is InChI=1S/C12H11FN2O5S/c13-9-5-7(11(16)17)1-2-10(9)15-12(18)14-8-3-4-21(19,20)6-8/h1-5,8H,6H2,(H,16,17)(H2,14,15,18). The summed E-state index contributed by atoms with van der Waals surface area (Å²) in [4.78, 5) is 22.3. The van der Waals surface area contributed by atoms with Gasteiger partial charge in [-0.1, -0.05) is 0 Å². The summed E-state index contributed by atoms with van der Waals surface area (Å²) in [6.07, 6.45) is 1.32. The molecule has 0 bridgehead atoms. The van der Waals surface area contributed by atoms with Gasteiger partial charge in [0, 0.05) is 5.41 Å². The number of aromatic carboxylic acids is 1. The minimum atomic E-state index is -3.30. The molecular weight excluding hydrogens is 303 g/mol. The molecule has 1 aliphatic rings. The average Bonchev–Trinajstić information content (AvgIpc) is 2.70. The highest BCUT2D eigenvalue weighted by atomic mass is 32.2. The zero-order chi connectivity index (χ0) is 15.6. The van der Waals surface area contributed by atoms with Crippen LogP contribution < -0.4 is 10.6 Å². The molecule has 3 N–H and O–H groups in total. The lowest BCUT2D eigenvalue weighted by atomic mass is 10.2. The van der Waals surface area contributed by atoms with Crippen LogP contribution in [0, 0.1) is 5.82 Å². The zero-order valence-corrected chi connectivity index (χ0v) is 11.4. The number of amides is 2. The van der Waals surface area contributed by atoms with E-state index < -0.39 is 33.7 Å². The molecular formula is C12H11FN2O5S. The van der Waals surface area contributed by atoms with Crippen molar-refractivity contribution < 1.29 is 27.5 Å². The van der Waals surface area contributed by atoms with Gasteiger partial charge in [0.25, 0.3) is 0 Å². The van der Waals surface area contributed by atoms with Crippen molar-refractivity contribution in [1.29, 1.82) is 0 Å². The van der Waals surface area contributed by atoms with Gasteiger partial charge in [0.15, 0.2) is 9.84 Å². The van der Waals surface area contributed by atoms with Crippen molar-refractivity contribution in [2.75, 3.05) is 11.1 Å². The Hall–Kier alpha value is -2.42. The summed E-state index contributed by atoms with van der Waals surface area (Å²) in [5.74, 6) is -2.44. The van der Waals surface area contributed by atoms with E-state index in [0.717, 1.165) is 23.6 Å². The predicted molar refractivity (Wildman–Crippen MR) is 72.2 cm³/mol. The van der Waals surface area contributed by atoms with Crippen molar-refractivity contribution in [2.24, 2.45) is 0 Å². The number of halogens is 1. The van der Waals surface area contributed by atoms with E-state index in [1.54, 1.807) is 0 Å². The highest BCUT2D eigenvalue weighted by molar-refractivity contribution is 7.94. The van der Waals surface area contributed by atoms with Gasteiger partial charge in [-0.2, -0.15) is 0 Å². The van der Waals surface area contributed by atoms with Crippen molar-refractivity contribution >= 4 is 27.5 Å². The number of carboxylic acid groups (broad SMARTS) is 1. The van der Waals surface area contributed by atoms with Crippen molar-refractivity contribution in [3.05, 3.63) is 41.1 Å². The van der Waals surface area contributed by atoms with Crippen LogP contribution in [-0.2, 0) is 9.84 Å². The molecule has 1 aliphatic heterocycles. The second kappa shape index (κ2) is 5.52. The third-order valence-electron chi connectivity index (χ3n) is 2.71. The minimum absolute atomic E-state index is 0.206. The lowest BCUT2D eigenvalue weighted by Crippen LogP contribution is -2.38. The van der Waals surface area contributed by atoms with Gasteiger partial charge in [-0.3, -0.25) is 0 Å². The molecule has 0 aliphatic carbocycles. The molecule has 21 heavy (non-hydrogen) atoms. The Morgan fingerprint density at radius 1 is 1.33 bits per heavy atom. The van der Waals surface area contributed by atoms with E-state index in [-0.39, 0.29) is 17.0 Å². The summed E-state index contributed by atoms with van der Waals surface area (Å²) < 4.78 is 35.9. The van der Waals surface area contributed by atoms with Crippen molar-refractivity contribution in [3.8, 4) is 0 Å². The number of carboxylic acids is 1. The summed E-state index contributed by atoms with van der Waals surface area (Å²) >= 11 is 0. The van der Waals surface area contributed by atoms with E-state index in [1.807, 2.05) is 0 Å². The fourth-order valence-corrected chi connectivity index (χ4v) is 2.98. The number of urea groups is 1. The molecule has 1 heterocycles. The van der Waals surface area contributed by atoms with Crippen LogP contribution in [0.3, 0.4) is 0 Å². The molecule has 2 rings (SSSR count). The first-order valence-electron chi connectivity index (χ1n) is 5.78. The van der Waals surface area contributed by atoms with E-state index in [1.165, 1.54) is 6.08 Å². The fraction of sp³-hybridized carbons (Fsp3) is 0.167. The number of nitrogens with one attached hydrogen (secondary N) is 2. The second-order valence-electron chi connectivity index (χ2n) is 4.36. The third-order valence-corrected chi connectivity index (χ3v) is 4.11. The van der Waals surface area contributed by atoms with Crippen LogP contribution in [0.25, 0.3) is 0 Å². The first kappa shape index (κ1) is 15.0. The lowest BCUT2D eigenvalue weighted by molar-refractivity contribution is 0.0696. The van der Waals surface area contributed by atoms with Gasteiger partial charge >= 0.3 is 12.0 Å². The van der Waals surface area contributed by atoms with Gasteiger partial charge in [-0.25, -0.2) is 22.4 Å². The second-order valence-corrected chi connectivity index (χ2v) is 6.29. The molecule has 0 saturated carbocycles. The molecule has 0 saturated heterocycles. The summed E-state index contributed by atoms with van der Waals surface area (Å²) in [7, 11) is -3.30. The number of sulfone groups is 1. The highest BCUT2D eigenvalue weighted by Gasteiger charge is 2.23. The van der Waals surface area contributed by atoms with Crippen LogP contribution in [-0.4, -0.2) is 37.3 Å². The normalized spacial score (nSPS) is 19.2. The molecule has 1 unspecified atom stereocenters. The Morgan fingerprint density at radius 3 is 2.57 bits per heavy atom. The van der Waals surface area contributed by atoms with Crippen LogP contribution in [0.15, 0.2) is 29.7 Å². The molecule has 112 valence electrons. The first-order valence-corrected chi connectivity index (χ1v) is 7.50. The Balaban J connectivity index is 2.00. The summed E-state index contributed by atoms with van der Waals surface area (Å²) in [6.45, 7) is 0. The number of carbonyl (C=O) groups excluding carboxylic acids is 1. The van der Waals surface area contributed by atoms with Gasteiger partial charge < -0.3 is 15.7 Å². The van der Waals surface area contributed by atoms with Gasteiger partial charge in [0.05, 0.1) is 23.0 Å². The lowest BCUT2D eigenvalue weighted by Gasteiger charge is -2.12. The maximum absolute atomic E-state index is 13.6. The zero-order valence-electron chi connectivity index (χ0n) is 10.5. The number of hydrogen-bond acceptors (Lipinski definition) is 4. The molecule has 0 fully saturated rings. The van der Waals surface area contributed by atoms with E-state index in [4.69, 9.17) is 5.11 Å². The fourth-order valence-electron chi connectivity index (χ4n) is 1.74. The van der Waals surface area contributed by atoms with Crippen molar-refractivity contribution in [1.82, 2.24) is 5.32 Å². The number of anilines is 1. The average molecular weight is 314 g/mol. The van der Waals surface area contributed by atoms with Crippen molar-refractivity contribution in [3.63, 3.8) is 0 Å². The third kappa shape index (κ3) is 3.78. The highest BCUT2D eigenvalue weighted by Crippen LogP contribution is 2.16. The number of rotatable bonds is 3. The molecule has 0 radical (unpaired) electrons. The number of carbonyl (C=O) groups is 2. The molecule has 0 spiro atoms. The summed E-state index contributed by atoms with van der Waals surface area (Å²) in [5.41, 5.74) is -0.453. The molecule has 2 amide bonds. The maximum Gasteiger partial charge on any atom is 0.335 e. The Kier molecular flexibility index (Phi) is 3.94. The molecule has 1 atom stereocenters.